The van der Waals surface area contributed by atoms with Gasteiger partial charge in [0.05, 0.1) is 14.2 Å². The minimum Gasteiger partial charge on any atom is -0.497 e. The van der Waals surface area contributed by atoms with E-state index in [1.165, 1.54) is 6.08 Å². The molecule has 3 rings (SSSR count). The van der Waals surface area contributed by atoms with Gasteiger partial charge in [-0.05, 0) is 64.9 Å². The lowest BCUT2D eigenvalue weighted by Crippen LogP contribution is -2.12. The second-order valence-corrected chi connectivity index (χ2v) is 6.07. The molecule has 3 aromatic carbocycles. The van der Waals surface area contributed by atoms with Crippen LogP contribution >= 0.6 is 0 Å². The Balaban J connectivity index is 1.58. The van der Waals surface area contributed by atoms with Crippen molar-refractivity contribution in [3.63, 3.8) is 0 Å². The molecule has 0 aliphatic heterocycles. The topological polar surface area (TPSA) is 61.8 Å². The fourth-order valence-electron chi connectivity index (χ4n) is 2.68. The molecule has 0 N–H and O–H groups in total. The predicted molar refractivity (Wildman–Crippen MR) is 108 cm³/mol. The molecule has 28 heavy (non-hydrogen) atoms. The lowest BCUT2D eigenvalue weighted by Gasteiger charge is -2.04. The Bertz CT molecular complexity index is 1020. The van der Waals surface area contributed by atoms with Crippen molar-refractivity contribution in [2.75, 3.05) is 20.8 Å². The van der Waals surface area contributed by atoms with Crippen molar-refractivity contribution in [3.05, 3.63) is 77.9 Å². The first kappa shape index (κ1) is 19.2. The summed E-state index contributed by atoms with van der Waals surface area (Å²) in [5.41, 5.74) is 1.32. The SMILES string of the molecule is COc1ccc(C(=O)COC(=O)/C=C/c2ccc3cc(OC)ccc3c2)cc1. The highest BCUT2D eigenvalue weighted by Crippen LogP contribution is 2.22. The molecule has 0 spiro atoms. The molecule has 142 valence electrons. The molecule has 0 fully saturated rings. The van der Waals surface area contributed by atoms with Gasteiger partial charge >= 0.3 is 5.97 Å². The quantitative estimate of drug-likeness (QED) is 0.350. The number of esters is 1. The highest BCUT2D eigenvalue weighted by atomic mass is 16.5. The summed E-state index contributed by atoms with van der Waals surface area (Å²) in [6.45, 7) is -0.312. The molecule has 5 nitrogen and oxygen atoms in total. The monoisotopic (exact) mass is 376 g/mol. The van der Waals surface area contributed by atoms with Crippen molar-refractivity contribution in [3.8, 4) is 11.5 Å². The Morgan fingerprint density at radius 1 is 0.821 bits per heavy atom. The van der Waals surface area contributed by atoms with Gasteiger partial charge in [0.25, 0.3) is 0 Å². The second kappa shape index (κ2) is 8.86. The van der Waals surface area contributed by atoms with Crippen molar-refractivity contribution in [2.45, 2.75) is 0 Å². The van der Waals surface area contributed by atoms with Crippen LogP contribution < -0.4 is 9.47 Å². The van der Waals surface area contributed by atoms with Crippen LogP contribution in [0, 0.1) is 0 Å². The van der Waals surface area contributed by atoms with E-state index >= 15 is 0 Å². The average molecular weight is 376 g/mol. The molecule has 0 amide bonds. The zero-order valence-electron chi connectivity index (χ0n) is 15.7. The zero-order chi connectivity index (χ0) is 19.9. The number of fused-ring (bicyclic) bond motifs is 1. The Hall–Kier alpha value is -3.60. The first-order valence-corrected chi connectivity index (χ1v) is 8.69. The first-order valence-electron chi connectivity index (χ1n) is 8.69. The Labute approximate surface area is 163 Å². The van der Waals surface area contributed by atoms with E-state index in [1.54, 1.807) is 44.6 Å². The van der Waals surface area contributed by atoms with Crippen LogP contribution in [0.2, 0.25) is 0 Å². The fourth-order valence-corrected chi connectivity index (χ4v) is 2.68. The van der Waals surface area contributed by atoms with E-state index in [1.807, 2.05) is 36.4 Å². The highest BCUT2D eigenvalue weighted by molar-refractivity contribution is 5.99. The van der Waals surface area contributed by atoms with Gasteiger partial charge in [-0.25, -0.2) is 4.79 Å². The molecule has 0 saturated heterocycles. The van der Waals surface area contributed by atoms with Crippen LogP contribution in [0.1, 0.15) is 15.9 Å². The van der Waals surface area contributed by atoms with E-state index in [-0.39, 0.29) is 12.4 Å². The number of methoxy groups -OCH3 is 2. The molecule has 3 aromatic rings. The Kier molecular flexibility index (Phi) is 6.07. The van der Waals surface area contributed by atoms with Crippen LogP contribution in [-0.4, -0.2) is 32.6 Å². The maximum absolute atomic E-state index is 12.1. The van der Waals surface area contributed by atoms with Crippen LogP contribution in [0.25, 0.3) is 16.8 Å². The summed E-state index contributed by atoms with van der Waals surface area (Å²) in [4.78, 5) is 24.0. The maximum atomic E-state index is 12.1. The van der Waals surface area contributed by atoms with Crippen LogP contribution in [0.5, 0.6) is 11.5 Å². The van der Waals surface area contributed by atoms with Crippen LogP contribution in [0.4, 0.5) is 0 Å². The van der Waals surface area contributed by atoms with E-state index < -0.39 is 5.97 Å². The number of ketones is 1. The lowest BCUT2D eigenvalue weighted by atomic mass is 10.1. The molecule has 0 bridgehead atoms. The molecular formula is C23H20O5. The third kappa shape index (κ3) is 4.76. The predicted octanol–water partition coefficient (Wildman–Crippen LogP) is 4.30. The number of rotatable bonds is 7. The highest BCUT2D eigenvalue weighted by Gasteiger charge is 2.08. The van der Waals surface area contributed by atoms with E-state index in [9.17, 15) is 9.59 Å². The number of hydrogen-bond acceptors (Lipinski definition) is 5. The minimum atomic E-state index is -0.573. The van der Waals surface area contributed by atoms with Gasteiger partial charge in [0.2, 0.25) is 0 Å². The van der Waals surface area contributed by atoms with Crippen molar-refractivity contribution in [1.29, 1.82) is 0 Å². The van der Waals surface area contributed by atoms with Crippen LogP contribution in [0.3, 0.4) is 0 Å². The van der Waals surface area contributed by atoms with Crippen molar-refractivity contribution in [1.82, 2.24) is 0 Å². The van der Waals surface area contributed by atoms with E-state index in [0.29, 0.717) is 11.3 Å². The molecule has 0 saturated carbocycles. The third-order valence-corrected chi connectivity index (χ3v) is 4.24. The van der Waals surface area contributed by atoms with Gasteiger partial charge in [-0.15, -0.1) is 0 Å². The van der Waals surface area contributed by atoms with E-state index in [2.05, 4.69) is 0 Å². The normalized spacial score (nSPS) is 10.8. The van der Waals surface area contributed by atoms with Gasteiger partial charge in [0.1, 0.15) is 11.5 Å². The van der Waals surface area contributed by atoms with E-state index in [0.717, 1.165) is 22.1 Å². The molecule has 0 atom stereocenters. The number of Topliss-reactive ketones (excluding diaryl/α,β-unsaturated/α-hetero) is 1. The number of ether oxygens (including phenoxy) is 3. The molecule has 0 radical (unpaired) electrons. The smallest absolute Gasteiger partial charge is 0.331 e. The van der Waals surface area contributed by atoms with Crippen molar-refractivity contribution < 1.29 is 23.8 Å². The molecule has 0 aliphatic rings. The molecular weight excluding hydrogens is 356 g/mol. The summed E-state index contributed by atoms with van der Waals surface area (Å²) in [6, 6.07) is 18.2. The molecule has 5 heteroatoms. The largest absolute Gasteiger partial charge is 0.497 e. The van der Waals surface area contributed by atoms with Gasteiger partial charge < -0.3 is 14.2 Å². The number of hydrogen-bond donors (Lipinski definition) is 0. The van der Waals surface area contributed by atoms with Crippen molar-refractivity contribution >= 4 is 28.6 Å². The fraction of sp³-hybridized carbons (Fsp3) is 0.130. The van der Waals surface area contributed by atoms with E-state index in [4.69, 9.17) is 14.2 Å². The van der Waals surface area contributed by atoms with Gasteiger partial charge in [-0.2, -0.15) is 0 Å². The number of carbonyl (C=O) groups is 2. The first-order chi connectivity index (χ1) is 13.6. The Morgan fingerprint density at radius 2 is 1.46 bits per heavy atom. The third-order valence-electron chi connectivity index (χ3n) is 4.24. The van der Waals surface area contributed by atoms with Crippen LogP contribution in [-0.2, 0) is 9.53 Å². The summed E-state index contributed by atoms with van der Waals surface area (Å²) < 4.78 is 15.3. The summed E-state index contributed by atoms with van der Waals surface area (Å²) in [5.74, 6) is 0.604. The van der Waals surface area contributed by atoms with Gasteiger partial charge in [-0.1, -0.05) is 18.2 Å². The average Bonchev–Trinajstić information content (AvgIpc) is 2.75. The standard InChI is InChI=1S/C23H20O5/c1-26-20-9-6-17(7-10-20)22(24)15-28-23(25)12-4-16-3-5-19-14-21(27-2)11-8-18(19)13-16/h3-14H,15H2,1-2H3/b12-4+. The maximum Gasteiger partial charge on any atom is 0.331 e. The summed E-state index contributed by atoms with van der Waals surface area (Å²) in [7, 11) is 3.18. The zero-order valence-corrected chi connectivity index (χ0v) is 15.7. The summed E-state index contributed by atoms with van der Waals surface area (Å²) in [6.07, 6.45) is 2.97. The van der Waals surface area contributed by atoms with Crippen molar-refractivity contribution in [2.24, 2.45) is 0 Å². The van der Waals surface area contributed by atoms with Crippen LogP contribution in [0.15, 0.2) is 66.7 Å². The summed E-state index contributed by atoms with van der Waals surface area (Å²) >= 11 is 0. The lowest BCUT2D eigenvalue weighted by molar-refractivity contribution is -0.136. The van der Waals surface area contributed by atoms with Gasteiger partial charge in [0, 0.05) is 11.6 Å². The number of benzene rings is 3. The number of carbonyl (C=O) groups excluding carboxylic acids is 2. The molecule has 0 heterocycles. The Morgan fingerprint density at radius 3 is 2.18 bits per heavy atom. The second-order valence-electron chi connectivity index (χ2n) is 6.07. The van der Waals surface area contributed by atoms with Gasteiger partial charge in [0.15, 0.2) is 12.4 Å². The molecule has 0 unspecified atom stereocenters. The molecule has 0 aromatic heterocycles. The van der Waals surface area contributed by atoms with Gasteiger partial charge in [-0.3, -0.25) is 4.79 Å². The molecule has 0 aliphatic carbocycles. The summed E-state index contributed by atoms with van der Waals surface area (Å²) in [5, 5.41) is 2.08. The minimum absolute atomic E-state index is 0.274.